The molecule has 0 radical (unpaired) electrons. The van der Waals surface area contributed by atoms with Gasteiger partial charge < -0.3 is 31.1 Å². The van der Waals surface area contributed by atoms with Crippen LogP contribution in [0.3, 0.4) is 0 Å². The van der Waals surface area contributed by atoms with Gasteiger partial charge in [-0.3, -0.25) is 4.79 Å². The number of hydrogen-bond donors (Lipinski definition) is 6. The van der Waals surface area contributed by atoms with E-state index in [-0.39, 0.29) is 57.2 Å². The van der Waals surface area contributed by atoms with Crippen molar-refractivity contribution in [1.82, 2.24) is 10.6 Å². The van der Waals surface area contributed by atoms with Gasteiger partial charge in [0.15, 0.2) is 0 Å². The molecule has 7 fully saturated rings. The van der Waals surface area contributed by atoms with Crippen LogP contribution in [-0.4, -0.2) is 51.7 Å². The Morgan fingerprint density at radius 3 is 2.45 bits per heavy atom. The molecule has 7 nitrogen and oxygen atoms in total. The number of aliphatic hydroxyl groups excluding tert-OH is 3. The lowest BCUT2D eigenvalue weighted by atomic mass is 9.26. The van der Waals surface area contributed by atoms with E-state index in [0.29, 0.717) is 50.5 Å². The van der Waals surface area contributed by atoms with E-state index in [1.54, 1.807) is 11.1 Å². The Bertz CT molecular complexity index is 4140. The lowest BCUT2D eigenvalue weighted by molar-refractivity contribution is -0.209. The zero-order valence-corrected chi connectivity index (χ0v) is 56.5. The van der Waals surface area contributed by atoms with Crippen LogP contribution in [0.4, 0.5) is 0 Å². The normalized spacial score (nSPS) is 44.0. The molecule has 14 aliphatic carbocycles. The van der Waals surface area contributed by atoms with E-state index in [4.69, 9.17) is 0 Å². The summed E-state index contributed by atoms with van der Waals surface area (Å²) < 4.78 is 0. The number of carboxylic acids is 1. The number of carbonyl (C=O) groups is 1. The Labute approximate surface area is 564 Å². The highest BCUT2D eigenvalue weighted by Gasteiger charge is 2.89. The minimum absolute atomic E-state index is 0.000632. The predicted molar refractivity (Wildman–Crippen MR) is 377 cm³/mol. The number of benzene rings is 3. The van der Waals surface area contributed by atoms with E-state index in [0.717, 1.165) is 95.0 Å². The monoisotopic (exact) mass is 1270 g/mol. The summed E-state index contributed by atoms with van der Waals surface area (Å²) in [6, 6.07) is 30.2. The third-order valence-corrected chi connectivity index (χ3v) is 32.4. The van der Waals surface area contributed by atoms with Crippen molar-refractivity contribution < 1.29 is 25.2 Å². The first-order valence-corrected chi connectivity index (χ1v) is 38.4. The fourth-order valence-electron chi connectivity index (χ4n) is 29.5. The Morgan fingerprint density at radius 1 is 0.779 bits per heavy atom. The molecule has 3 aromatic rings. The van der Waals surface area contributed by atoms with Crippen molar-refractivity contribution in [2.75, 3.05) is 13.1 Å². The maximum Gasteiger partial charge on any atom is 0.307 e. The summed E-state index contributed by atoms with van der Waals surface area (Å²) in [5, 5.41) is 62.8. The number of carboxylic acid groups (broad SMARTS) is 1. The second-order valence-corrected chi connectivity index (χ2v) is 34.9. The van der Waals surface area contributed by atoms with E-state index in [1.807, 2.05) is 0 Å². The number of fused-ring (bicyclic) bond motifs is 3. The average Bonchev–Trinajstić information content (AvgIpc) is 1.51. The van der Waals surface area contributed by atoms with Crippen LogP contribution in [0.1, 0.15) is 203 Å². The van der Waals surface area contributed by atoms with Gasteiger partial charge in [0.25, 0.3) is 0 Å². The standard InChI is InChI=1S/C88H102N2O5/c1-80-64-32-41-85-55-82(36-12-13-37-82)84(40-31-57(49-84)45-56-17-4-2-5-18-56)73(85)33-43-87(80)69(78(94)95)29-27-63(54-91)65(58-19-6-3-7-20-58)26-15-44-89-76-30-28-62(53-90-76)59-22-14-23-60(46-59)66-25-10-11-38-83-39-16-35-81-50-68-70(47-61-21-8-9-24-67(61)77(66)68)86(79(81)83,42-34-74(83)92)71(48-64)72(51-81)88(80,85)52-75(87)93/h2,4-5,8-9,14,16-18,21-24,28,30,33,35,43,46-47,50,54,57-58,64-66,69-70,73-75,79,89-93H,3,6-7,12-13,15,19-20,25-27,29,31-32,34,36-42,44-45,48-49,51-53,55H2,1H3,(H,94,95)/b63-54+/t57-,64+,65+,66-,69+,70+,73-,74+,75-,79?,80-,81-,83-,84+,85-,86+,87+,88-/m1/s1. The Balaban J connectivity index is 0.881. The number of aliphatic hydroxyl groups is 3. The number of dihydropyridines is 1. The molecule has 19 bridgehead atoms. The van der Waals surface area contributed by atoms with Crippen LogP contribution in [0.15, 0.2) is 156 Å². The molecule has 23 rings (SSSR count). The number of rotatable bonds is 4. The number of aliphatic carboxylic acids is 1. The molecule has 0 saturated heterocycles. The van der Waals surface area contributed by atoms with Crippen LogP contribution in [0, 0.1) is 108 Å². The Kier molecular flexibility index (Phi) is 13.6. The lowest BCUT2D eigenvalue weighted by Gasteiger charge is -2.77. The molecular formula is C88H102N2O5. The van der Waals surface area contributed by atoms with Crippen molar-refractivity contribution in [3.8, 4) is 11.8 Å². The Morgan fingerprint density at radius 2 is 1.62 bits per heavy atom. The fraction of sp³-hybridized carbons (Fsp3) is 0.580. The molecule has 5 spiro atoms. The molecule has 1 unspecified atom stereocenters. The molecule has 20 aliphatic rings. The highest BCUT2D eigenvalue weighted by Crippen LogP contribution is 2.94. The summed E-state index contributed by atoms with van der Waals surface area (Å²) in [6.07, 6.45) is 48.8. The second kappa shape index (κ2) is 21.5. The summed E-state index contributed by atoms with van der Waals surface area (Å²) in [6.45, 7) is 4.16. The van der Waals surface area contributed by atoms with E-state index in [1.165, 1.54) is 121 Å². The van der Waals surface area contributed by atoms with Crippen LogP contribution in [0.25, 0.3) is 17.2 Å². The van der Waals surface area contributed by atoms with Gasteiger partial charge in [0, 0.05) is 64.8 Å². The van der Waals surface area contributed by atoms with E-state index >= 15 is 4.79 Å². The van der Waals surface area contributed by atoms with Gasteiger partial charge in [0.2, 0.25) is 0 Å². The summed E-state index contributed by atoms with van der Waals surface area (Å²) in [7, 11) is 0. The number of nitrogens with one attached hydrogen (secondary N) is 2. The van der Waals surface area contributed by atoms with Gasteiger partial charge >= 0.3 is 5.97 Å². The number of allylic oxidation sites excluding steroid dienone is 10. The van der Waals surface area contributed by atoms with E-state index in [2.05, 4.69) is 157 Å². The van der Waals surface area contributed by atoms with Crippen LogP contribution >= 0.6 is 0 Å². The first-order valence-electron chi connectivity index (χ1n) is 38.4. The molecule has 0 amide bonds. The predicted octanol–water partition coefficient (Wildman–Crippen LogP) is 16.2. The molecule has 0 aromatic heterocycles. The topological polar surface area (TPSA) is 122 Å². The van der Waals surface area contributed by atoms with Gasteiger partial charge in [0.05, 0.1) is 30.2 Å². The zero-order chi connectivity index (χ0) is 64.0. The molecule has 494 valence electrons. The van der Waals surface area contributed by atoms with Gasteiger partial charge in [-0.2, -0.15) is 0 Å². The summed E-state index contributed by atoms with van der Waals surface area (Å²) in [5.74, 6) is 9.04. The first kappa shape index (κ1) is 60.1. The zero-order valence-electron chi connectivity index (χ0n) is 56.5. The third-order valence-electron chi connectivity index (χ3n) is 32.4. The van der Waals surface area contributed by atoms with Crippen LogP contribution in [0.5, 0.6) is 0 Å². The van der Waals surface area contributed by atoms with Crippen molar-refractivity contribution in [3.63, 3.8) is 0 Å². The molecule has 7 heteroatoms. The van der Waals surface area contributed by atoms with Crippen molar-refractivity contribution in [2.45, 2.75) is 205 Å². The molecular weight excluding hydrogens is 1160 g/mol. The molecule has 95 heavy (non-hydrogen) atoms. The van der Waals surface area contributed by atoms with Gasteiger partial charge in [-0.15, -0.1) is 11.8 Å². The third kappa shape index (κ3) is 7.72. The maximum atomic E-state index is 15.5. The maximum absolute atomic E-state index is 15.5. The summed E-state index contributed by atoms with van der Waals surface area (Å²) in [5.41, 5.74) is 9.07. The quantitative estimate of drug-likeness (QED) is 0.0874. The highest BCUT2D eigenvalue weighted by atomic mass is 16.4. The SMILES string of the molecule is C[C@@]12[C@H]3CC[C@@]45CC6(CCCC6)[C@]6(CC[C@H](Cc7ccccc7)C6)[C@H]4C=C[C@]14[C@H](O)C[C@]52C1=C(C3)[C@]23CC[C@H](O)[C@@]56CC#CC[C@@H](C7=c8ccccc8=C[C@H]2C7=C[C@](C=CC5)(C1)C63)c1cccc(c1)C1=CC=C(NCCC[C@@H](C2CCCCC2)/C(=C/O)CC[C@H]4C(=O)O)NC1. The largest absolute Gasteiger partial charge is 0.516 e. The van der Waals surface area contributed by atoms with Crippen molar-refractivity contribution >= 4 is 23.2 Å². The average molecular weight is 1270 g/mol. The van der Waals surface area contributed by atoms with Gasteiger partial charge in [-0.25, -0.2) is 0 Å². The molecule has 3 aromatic carbocycles. The molecule has 6 N–H and O–H groups in total. The van der Waals surface area contributed by atoms with E-state index < -0.39 is 51.2 Å². The lowest BCUT2D eigenvalue weighted by Crippen LogP contribution is -2.71. The summed E-state index contributed by atoms with van der Waals surface area (Å²) in [4.78, 5) is 15.5. The smallest absolute Gasteiger partial charge is 0.307 e. The highest BCUT2D eigenvalue weighted by molar-refractivity contribution is 5.81. The van der Waals surface area contributed by atoms with Gasteiger partial charge in [0.1, 0.15) is 0 Å². The minimum atomic E-state index is -1.07. The van der Waals surface area contributed by atoms with Crippen LogP contribution in [0.2, 0.25) is 0 Å². The Hall–Kier alpha value is -6.07. The van der Waals surface area contributed by atoms with Crippen LogP contribution in [-0.2, 0) is 11.2 Å². The van der Waals surface area contributed by atoms with Crippen molar-refractivity contribution in [2.24, 2.45) is 96.1 Å². The van der Waals surface area contributed by atoms with Crippen LogP contribution < -0.4 is 21.1 Å². The van der Waals surface area contributed by atoms with E-state index in [9.17, 15) is 20.4 Å². The molecule has 6 aliphatic heterocycles. The molecule has 7 saturated carbocycles. The number of hydrogen-bond acceptors (Lipinski definition) is 6. The van der Waals surface area contributed by atoms with Gasteiger partial charge in [-0.05, 0) is 248 Å². The fourth-order valence-corrected chi connectivity index (χ4v) is 29.5. The molecule has 18 atom stereocenters. The van der Waals surface area contributed by atoms with Crippen molar-refractivity contribution in [1.29, 1.82) is 0 Å². The van der Waals surface area contributed by atoms with Crippen molar-refractivity contribution in [3.05, 3.63) is 183 Å². The molecule has 6 heterocycles. The minimum Gasteiger partial charge on any atom is -0.516 e. The second-order valence-electron chi connectivity index (χ2n) is 34.9. The van der Waals surface area contributed by atoms with Gasteiger partial charge in [-0.1, -0.05) is 172 Å². The first-order chi connectivity index (χ1) is 46.3. The summed E-state index contributed by atoms with van der Waals surface area (Å²) >= 11 is 0.